The molecular weight excluding hydrogens is 507 g/mol. The number of benzene rings is 2. The molecule has 3 amide bonds. The molecule has 3 rings (SSSR count). The van der Waals surface area contributed by atoms with E-state index in [9.17, 15) is 18.8 Å². The van der Waals surface area contributed by atoms with Gasteiger partial charge >= 0.3 is 0 Å². The largest absolute Gasteiger partial charge is 0.354 e. The summed E-state index contributed by atoms with van der Waals surface area (Å²) < 4.78 is 13.5. The third-order valence-electron chi connectivity index (χ3n) is 7.75. The van der Waals surface area contributed by atoms with E-state index in [1.807, 2.05) is 26.0 Å². The molecule has 0 bridgehead atoms. The highest BCUT2D eigenvalue weighted by atomic mass is 19.1. The Morgan fingerprint density at radius 1 is 1.02 bits per heavy atom. The fourth-order valence-electron chi connectivity index (χ4n) is 4.91. The highest BCUT2D eigenvalue weighted by Crippen LogP contribution is 2.26. The molecule has 0 saturated heterocycles. The van der Waals surface area contributed by atoms with Crippen LogP contribution in [0.15, 0.2) is 55.1 Å². The number of hydrogen-bond acceptors (Lipinski definition) is 4. The van der Waals surface area contributed by atoms with Gasteiger partial charge in [0, 0.05) is 26.6 Å². The third kappa shape index (κ3) is 8.01. The van der Waals surface area contributed by atoms with Crippen molar-refractivity contribution in [3.8, 4) is 0 Å². The maximum absolute atomic E-state index is 13.5. The van der Waals surface area contributed by atoms with Gasteiger partial charge in [0.15, 0.2) is 0 Å². The quantitative estimate of drug-likeness (QED) is 0.543. The number of carbonyl (C=O) groups is 3. The van der Waals surface area contributed by atoms with Crippen LogP contribution >= 0.6 is 0 Å². The van der Waals surface area contributed by atoms with E-state index in [1.54, 1.807) is 26.1 Å². The van der Waals surface area contributed by atoms with E-state index < -0.39 is 24.0 Å². The summed E-state index contributed by atoms with van der Waals surface area (Å²) in [6, 6.07) is 11.8. The second kappa shape index (κ2) is 14.2. The molecule has 0 aromatic heterocycles. The van der Waals surface area contributed by atoms with Crippen molar-refractivity contribution in [1.29, 1.82) is 0 Å². The molecule has 8 heteroatoms. The Hall–Kier alpha value is -3.52. The number of nitrogens with zero attached hydrogens (tertiary/aromatic N) is 1. The number of halogens is 1. The van der Waals surface area contributed by atoms with Crippen LogP contribution in [-0.2, 0) is 27.2 Å². The van der Waals surface area contributed by atoms with E-state index in [-0.39, 0.29) is 35.9 Å². The topological polar surface area (TPSA) is 90.5 Å². The number of rotatable bonds is 3. The number of likely N-dealkylation sites (N-methyl/N-ethyl adjacent to an activating group) is 1. The average molecular weight is 551 g/mol. The smallest absolute Gasteiger partial charge is 0.243 e. The fourth-order valence-corrected chi connectivity index (χ4v) is 4.91. The Morgan fingerprint density at radius 2 is 1.70 bits per heavy atom. The molecule has 0 spiro atoms. The molecule has 7 nitrogen and oxygen atoms in total. The standard InChI is InChI=1S/C32H43FN4O3/c1-20(2)29-32(40)37(6)23(5)30(38)36-28(18-24-13-15-26(33)16-14-24)31(39)34-17-9-11-25-10-7-8-12-27(25)22(4)21(3)19-35-29/h7-8,10,12-16,20-21,23,28-29,35H,4,9,11,17-19H2,1-3,5-6H3,(H,34,39)(H,36,38)/t21-,23-,28-,29+/m1/s1. The number of carbonyl (C=O) groups excluding carboxylic acids is 3. The minimum atomic E-state index is -0.880. The summed E-state index contributed by atoms with van der Waals surface area (Å²) in [7, 11) is 1.61. The number of hydrogen-bond donors (Lipinski definition) is 3. The molecule has 0 radical (unpaired) electrons. The van der Waals surface area contributed by atoms with Crippen LogP contribution in [0.5, 0.6) is 0 Å². The van der Waals surface area contributed by atoms with E-state index >= 15 is 0 Å². The molecular formula is C32H43FN4O3. The maximum Gasteiger partial charge on any atom is 0.243 e. The van der Waals surface area contributed by atoms with Crippen molar-refractivity contribution in [2.24, 2.45) is 11.8 Å². The van der Waals surface area contributed by atoms with Gasteiger partial charge in [-0.05, 0) is 66.0 Å². The molecule has 2 aromatic carbocycles. The van der Waals surface area contributed by atoms with Crippen molar-refractivity contribution >= 4 is 23.3 Å². The van der Waals surface area contributed by atoms with Crippen LogP contribution in [0.3, 0.4) is 0 Å². The van der Waals surface area contributed by atoms with Crippen molar-refractivity contribution in [3.05, 3.63) is 77.6 Å². The van der Waals surface area contributed by atoms with Gasteiger partial charge in [-0.1, -0.05) is 63.7 Å². The Kier molecular flexibility index (Phi) is 11.0. The zero-order valence-corrected chi connectivity index (χ0v) is 24.3. The number of amides is 3. The summed E-state index contributed by atoms with van der Waals surface area (Å²) in [5, 5.41) is 9.22. The zero-order chi connectivity index (χ0) is 29.4. The summed E-state index contributed by atoms with van der Waals surface area (Å²) in [6.07, 6.45) is 1.65. The van der Waals surface area contributed by atoms with Crippen LogP contribution in [0, 0.1) is 17.7 Å². The fraction of sp³-hybridized carbons (Fsp3) is 0.469. The van der Waals surface area contributed by atoms with Crippen molar-refractivity contribution in [2.45, 2.75) is 65.1 Å². The highest BCUT2D eigenvalue weighted by Gasteiger charge is 2.32. The number of fused-ring (bicyclic) bond motifs is 1. The van der Waals surface area contributed by atoms with Crippen LogP contribution in [-0.4, -0.2) is 60.9 Å². The lowest BCUT2D eigenvalue weighted by Crippen LogP contribution is -2.57. The van der Waals surface area contributed by atoms with Crippen LogP contribution in [0.2, 0.25) is 0 Å². The monoisotopic (exact) mass is 550 g/mol. The highest BCUT2D eigenvalue weighted by molar-refractivity contribution is 5.93. The van der Waals surface area contributed by atoms with Crippen molar-refractivity contribution in [2.75, 3.05) is 20.1 Å². The van der Waals surface area contributed by atoms with Gasteiger partial charge in [0.05, 0.1) is 6.04 Å². The third-order valence-corrected chi connectivity index (χ3v) is 7.75. The van der Waals surface area contributed by atoms with Crippen LogP contribution in [0.1, 0.15) is 50.8 Å². The lowest BCUT2D eigenvalue weighted by atomic mass is 9.89. The number of aryl methyl sites for hydroxylation is 1. The average Bonchev–Trinajstić information content (AvgIpc) is 2.94. The normalized spacial score (nSPS) is 24.1. The molecule has 2 aromatic rings. The molecule has 0 saturated carbocycles. The first-order valence-electron chi connectivity index (χ1n) is 14.1. The minimum Gasteiger partial charge on any atom is -0.354 e. The predicted octanol–water partition coefficient (Wildman–Crippen LogP) is 3.73. The summed E-state index contributed by atoms with van der Waals surface area (Å²) in [5.74, 6) is -1.27. The second-order valence-corrected chi connectivity index (χ2v) is 11.1. The molecule has 0 fully saturated rings. The molecule has 0 unspecified atom stereocenters. The van der Waals surface area contributed by atoms with Gasteiger partial charge in [0.25, 0.3) is 0 Å². The first kappa shape index (κ1) is 31.0. The van der Waals surface area contributed by atoms with E-state index in [1.165, 1.54) is 17.0 Å². The lowest BCUT2D eigenvalue weighted by molar-refractivity contribution is -0.141. The van der Waals surface area contributed by atoms with Gasteiger partial charge in [0.1, 0.15) is 17.9 Å². The van der Waals surface area contributed by atoms with Gasteiger partial charge in [-0.2, -0.15) is 0 Å². The SMILES string of the molecule is C=C1c2ccccc2CCCNC(=O)[C@@H](Cc2ccc(F)cc2)NC(=O)[C@@H](C)N(C)C(=O)[C@H](C(C)C)NC[C@H]1C. The van der Waals surface area contributed by atoms with Gasteiger partial charge in [0.2, 0.25) is 17.7 Å². The summed E-state index contributed by atoms with van der Waals surface area (Å²) in [4.78, 5) is 41.5. The predicted molar refractivity (Wildman–Crippen MR) is 157 cm³/mol. The second-order valence-electron chi connectivity index (χ2n) is 11.1. The Morgan fingerprint density at radius 3 is 2.38 bits per heavy atom. The van der Waals surface area contributed by atoms with Gasteiger partial charge < -0.3 is 20.9 Å². The van der Waals surface area contributed by atoms with Gasteiger partial charge in [-0.3, -0.25) is 14.4 Å². The van der Waals surface area contributed by atoms with Crippen LogP contribution in [0.25, 0.3) is 5.57 Å². The summed E-state index contributed by atoms with van der Waals surface area (Å²) in [5.41, 5.74) is 3.94. The molecule has 216 valence electrons. The van der Waals surface area contributed by atoms with Gasteiger partial charge in [-0.15, -0.1) is 0 Å². The molecule has 1 aliphatic heterocycles. The molecule has 3 N–H and O–H groups in total. The molecule has 1 heterocycles. The molecule has 0 aliphatic carbocycles. The number of nitrogens with one attached hydrogen (secondary N) is 3. The summed E-state index contributed by atoms with van der Waals surface area (Å²) in [6.45, 7) is 13.0. The van der Waals surface area contributed by atoms with Gasteiger partial charge in [-0.25, -0.2) is 4.39 Å². The van der Waals surface area contributed by atoms with Crippen LogP contribution in [0.4, 0.5) is 4.39 Å². The van der Waals surface area contributed by atoms with E-state index in [4.69, 9.17) is 0 Å². The van der Waals surface area contributed by atoms with E-state index in [2.05, 4.69) is 41.6 Å². The zero-order valence-electron chi connectivity index (χ0n) is 24.3. The molecule has 40 heavy (non-hydrogen) atoms. The van der Waals surface area contributed by atoms with E-state index in [0.29, 0.717) is 25.1 Å². The summed E-state index contributed by atoms with van der Waals surface area (Å²) >= 11 is 0. The first-order valence-corrected chi connectivity index (χ1v) is 14.1. The van der Waals surface area contributed by atoms with Crippen molar-refractivity contribution in [3.63, 3.8) is 0 Å². The van der Waals surface area contributed by atoms with Crippen molar-refractivity contribution in [1.82, 2.24) is 20.9 Å². The van der Waals surface area contributed by atoms with Crippen molar-refractivity contribution < 1.29 is 18.8 Å². The molecule has 4 atom stereocenters. The molecule has 1 aliphatic rings. The Balaban J connectivity index is 1.91. The minimum absolute atomic E-state index is 0.0134. The first-order chi connectivity index (χ1) is 19.0. The Bertz CT molecular complexity index is 1200. The maximum atomic E-state index is 13.5. The van der Waals surface area contributed by atoms with E-state index in [0.717, 1.165) is 23.1 Å². The van der Waals surface area contributed by atoms with Crippen LogP contribution < -0.4 is 16.0 Å². The lowest BCUT2D eigenvalue weighted by Gasteiger charge is -2.32. The Labute approximate surface area is 237 Å².